The van der Waals surface area contributed by atoms with Crippen LogP contribution in [0.5, 0.6) is 5.75 Å². The predicted octanol–water partition coefficient (Wildman–Crippen LogP) is 27.5. The van der Waals surface area contributed by atoms with Gasteiger partial charge in [0.15, 0.2) is 0 Å². The van der Waals surface area contributed by atoms with Crippen molar-refractivity contribution in [3.05, 3.63) is 489 Å². The van der Waals surface area contributed by atoms with Gasteiger partial charge in [0.25, 0.3) is 0 Å². The van der Waals surface area contributed by atoms with Crippen LogP contribution >= 0.6 is 0 Å². The highest BCUT2D eigenvalue weighted by molar-refractivity contribution is 6.07. The van der Waals surface area contributed by atoms with Crippen molar-refractivity contribution in [1.82, 2.24) is 0 Å². The molecule has 0 N–H and O–H groups in total. The van der Waals surface area contributed by atoms with Crippen LogP contribution in [0.1, 0.15) is 149 Å². The highest BCUT2D eigenvalue weighted by atomic mass is 16.5. The molecule has 11 aromatic rings. The Morgan fingerprint density at radius 3 is 1.95 bits per heavy atom. The maximum Gasteiger partial charge on any atom is 0.131 e. The molecular weight excluding hydrogens is 1390 g/mol. The molecule has 0 spiro atoms. The van der Waals surface area contributed by atoms with Crippen LogP contribution in [0.3, 0.4) is 0 Å². The summed E-state index contributed by atoms with van der Waals surface area (Å²) in [4.78, 5) is 11.6. The largest absolute Gasteiger partial charge is 0.461 e. The molecule has 9 aliphatic rings. The molecular formula is C112H92N2O. The Balaban J connectivity index is 0.667. The highest BCUT2D eigenvalue weighted by Crippen LogP contribution is 2.72. The summed E-state index contributed by atoms with van der Waals surface area (Å²) in [5.41, 5.74) is 35.0. The van der Waals surface area contributed by atoms with E-state index < -0.39 is 10.8 Å². The molecule has 556 valence electrons. The normalized spacial score (nSPS) is 25.3. The fourth-order valence-corrected chi connectivity index (χ4v) is 20.9. The lowest BCUT2D eigenvalue weighted by atomic mass is 9.50. The first-order valence-electron chi connectivity index (χ1n) is 41.5. The minimum absolute atomic E-state index is 0.0166. The van der Waals surface area contributed by atoms with Crippen LogP contribution in [0.15, 0.2) is 427 Å². The number of benzene rings is 11. The van der Waals surface area contributed by atoms with Gasteiger partial charge in [-0.1, -0.05) is 366 Å². The molecule has 0 saturated heterocycles. The summed E-state index contributed by atoms with van der Waals surface area (Å²) in [6, 6.07) is 108. The zero-order chi connectivity index (χ0) is 77.0. The number of allylic oxidation sites excluding steroid dienone is 21. The second-order valence-corrected chi connectivity index (χ2v) is 33.2. The van der Waals surface area contributed by atoms with Crippen molar-refractivity contribution in [1.29, 1.82) is 0 Å². The Morgan fingerprint density at radius 1 is 0.513 bits per heavy atom. The Labute approximate surface area is 678 Å². The van der Waals surface area contributed by atoms with Gasteiger partial charge in [-0.05, 0) is 192 Å². The molecule has 1 saturated carbocycles. The Morgan fingerprint density at radius 2 is 1.16 bits per heavy atom. The maximum atomic E-state index is 6.97. The zero-order valence-electron chi connectivity index (χ0n) is 65.4. The quantitative estimate of drug-likeness (QED) is 0.0789. The molecule has 9 unspecified atom stereocenters. The lowest BCUT2D eigenvalue weighted by Crippen LogP contribution is -2.46. The Hall–Kier alpha value is -12.8. The van der Waals surface area contributed by atoms with Crippen molar-refractivity contribution in [3.63, 3.8) is 0 Å². The van der Waals surface area contributed by atoms with Gasteiger partial charge in [0, 0.05) is 69.9 Å². The second-order valence-electron chi connectivity index (χ2n) is 33.2. The van der Waals surface area contributed by atoms with E-state index in [0.29, 0.717) is 24.7 Å². The zero-order valence-corrected chi connectivity index (χ0v) is 65.4. The van der Waals surface area contributed by atoms with Crippen LogP contribution in [0.4, 0.5) is 0 Å². The first-order chi connectivity index (χ1) is 56.7. The molecule has 3 nitrogen and oxygen atoms in total. The molecule has 0 amide bonds. The van der Waals surface area contributed by atoms with Gasteiger partial charge in [-0.25, -0.2) is 0 Å². The number of hydrogen-bond acceptors (Lipinski definition) is 3. The molecule has 3 heterocycles. The number of nitrogens with zero attached hydrogens (tertiary/aromatic N) is 2. The standard InChI is InChI=1S/C112H92N2O/c1-75-67-83(60-61-90(68-75)106-72-82(78-34-11-5-12-35-78)38-30-53-103(113-106)88-41-28-39-86(69-88)93-47-19-21-49-97(93)111(91-43-15-7-16-44-91)100-51-23-24-54-107(100)115-109-76(2)31-27-52-101(109)111)84-62-64-99-95(71-84)96-74-102(96)110(3)66-26-25-55-108(110)112(99,92-45-17-8-18-46-92)98-50-22-20-48-94(98)87-40-29-42-89(70-87)104-65-63-85(79-36-13-6-14-37-79)73-105(114-104)81-58-56-80(57-59-81)77-32-9-4-10-33-77/h4-30,32-37,39-52,54-60,62-64,69-73,76,90,94,96,98,102H,1,31,53,61,65-68,74H2,2-3H3/b106-72-,113-103+. The van der Waals surface area contributed by atoms with Gasteiger partial charge >= 0.3 is 0 Å². The average molecular weight is 1480 g/mol. The fraction of sp³-hybridized carbons (Fsp3) is 0.170. The summed E-state index contributed by atoms with van der Waals surface area (Å²) in [5.74, 6) is 3.17. The van der Waals surface area contributed by atoms with E-state index >= 15 is 0 Å². The molecule has 0 aromatic heterocycles. The van der Waals surface area contributed by atoms with E-state index in [1.54, 1.807) is 0 Å². The lowest BCUT2D eigenvalue weighted by molar-refractivity contribution is 0.266. The minimum atomic E-state index is -0.658. The van der Waals surface area contributed by atoms with Crippen molar-refractivity contribution >= 4 is 33.8 Å². The summed E-state index contributed by atoms with van der Waals surface area (Å²) >= 11 is 0. The van der Waals surface area contributed by atoms with E-state index in [0.717, 1.165) is 105 Å². The van der Waals surface area contributed by atoms with Crippen LogP contribution < -0.4 is 4.74 Å². The third kappa shape index (κ3) is 12.8. The van der Waals surface area contributed by atoms with E-state index in [-0.39, 0.29) is 29.1 Å². The van der Waals surface area contributed by atoms with Crippen molar-refractivity contribution in [3.8, 4) is 28.0 Å². The van der Waals surface area contributed by atoms with E-state index in [1.807, 2.05) is 0 Å². The number of rotatable bonds is 14. The summed E-state index contributed by atoms with van der Waals surface area (Å²) in [7, 11) is 0. The lowest BCUT2D eigenvalue weighted by Gasteiger charge is -2.52. The second kappa shape index (κ2) is 30.0. The van der Waals surface area contributed by atoms with Crippen LogP contribution in [0.2, 0.25) is 0 Å². The topological polar surface area (TPSA) is 34.0 Å². The molecule has 0 radical (unpaired) electrons. The third-order valence-corrected chi connectivity index (χ3v) is 26.4. The van der Waals surface area contributed by atoms with Crippen molar-refractivity contribution in [2.75, 3.05) is 0 Å². The van der Waals surface area contributed by atoms with Crippen molar-refractivity contribution < 1.29 is 4.74 Å². The number of para-hydroxylation sites is 1. The summed E-state index contributed by atoms with van der Waals surface area (Å²) in [6.45, 7) is 9.90. The van der Waals surface area contributed by atoms with Crippen molar-refractivity contribution in [2.45, 2.75) is 87.9 Å². The van der Waals surface area contributed by atoms with Gasteiger partial charge in [-0.2, -0.15) is 0 Å². The van der Waals surface area contributed by atoms with Gasteiger partial charge < -0.3 is 4.74 Å². The summed E-state index contributed by atoms with van der Waals surface area (Å²) in [5, 5.41) is 0. The average Bonchev–Trinajstić information content (AvgIpc) is 1.54. The molecule has 3 aliphatic heterocycles. The van der Waals surface area contributed by atoms with E-state index in [2.05, 4.69) is 396 Å². The Bertz CT molecular complexity index is 6160. The first kappa shape index (κ1) is 71.3. The molecule has 115 heavy (non-hydrogen) atoms. The third-order valence-electron chi connectivity index (χ3n) is 26.4. The van der Waals surface area contributed by atoms with E-state index in [4.69, 9.17) is 21.3 Å². The smallest absolute Gasteiger partial charge is 0.131 e. The maximum absolute atomic E-state index is 6.97. The van der Waals surface area contributed by atoms with E-state index in [9.17, 15) is 0 Å². The van der Waals surface area contributed by atoms with Gasteiger partial charge in [0.05, 0.1) is 22.5 Å². The molecule has 0 bridgehead atoms. The van der Waals surface area contributed by atoms with Crippen LogP contribution in [0.25, 0.3) is 44.7 Å². The highest BCUT2D eigenvalue weighted by Gasteiger charge is 2.63. The fourth-order valence-electron chi connectivity index (χ4n) is 20.9. The van der Waals surface area contributed by atoms with E-state index in [1.165, 1.54) is 95.5 Å². The Kier molecular flexibility index (Phi) is 18.6. The van der Waals surface area contributed by atoms with Gasteiger partial charge in [-0.3, -0.25) is 9.98 Å². The molecule has 6 aliphatic carbocycles. The number of fused-ring (bicyclic) bond motifs is 6. The monoisotopic (exact) mass is 1480 g/mol. The number of hydrogen-bond donors (Lipinski definition) is 0. The minimum Gasteiger partial charge on any atom is -0.461 e. The molecule has 1 fully saturated rings. The van der Waals surface area contributed by atoms with Crippen molar-refractivity contribution in [2.24, 2.45) is 39.1 Å². The van der Waals surface area contributed by atoms with Gasteiger partial charge in [0.1, 0.15) is 11.5 Å². The van der Waals surface area contributed by atoms with Crippen LogP contribution in [-0.2, 0) is 10.8 Å². The first-order valence-corrected chi connectivity index (χ1v) is 41.5. The van der Waals surface area contributed by atoms with Gasteiger partial charge in [-0.15, -0.1) is 5.73 Å². The summed E-state index contributed by atoms with van der Waals surface area (Å²) < 4.78 is 6.97. The van der Waals surface area contributed by atoms with Crippen LogP contribution in [-0.4, -0.2) is 11.4 Å². The molecule has 3 heteroatoms. The molecule has 11 aromatic carbocycles. The number of ether oxygens (including phenoxy) is 1. The number of aliphatic imine (C=N–C) groups is 2. The van der Waals surface area contributed by atoms with Gasteiger partial charge in [0.2, 0.25) is 0 Å². The predicted molar refractivity (Wildman–Crippen MR) is 478 cm³/mol. The molecule has 20 rings (SSSR count). The summed E-state index contributed by atoms with van der Waals surface area (Å²) in [6.07, 6.45) is 40.4. The van der Waals surface area contributed by atoms with Crippen LogP contribution in [0, 0.1) is 29.1 Å². The SMILES string of the molecule is C=C1CC(c2ccc3c(c2)C2CC2C2(C)CC=CC=C2C3(c2ccccc2)C2C=CC=CC2c2cccc(C3=NC(c4ccc(-c5ccccc5)cc4)=CC(c4ccccc4)=CC3)c2)=CCC(C2=C/C(c3ccccc3)=C=CC/C(c3cccc(-c4ccccc4C4(c5ccccc5)C5=C(Oc6ccccc64)C(C)CC=C5)c3)=N\2)C1. The molecule has 9 atom stereocenters.